The van der Waals surface area contributed by atoms with Crippen LogP contribution >= 0.6 is 0 Å². The summed E-state index contributed by atoms with van der Waals surface area (Å²) in [5.41, 5.74) is -6.62. The first kappa shape index (κ1) is 22.4. The van der Waals surface area contributed by atoms with Crippen molar-refractivity contribution in [1.29, 1.82) is 0 Å². The van der Waals surface area contributed by atoms with Crippen molar-refractivity contribution in [3.63, 3.8) is 0 Å². The molecule has 10 nitrogen and oxygen atoms in total. The molecular weight excluding hydrogens is 427 g/mol. The molecule has 160 valence electrons. The fourth-order valence-corrected chi connectivity index (χ4v) is 2.64. The smallest absolute Gasteiger partial charge is 0.306 e. The van der Waals surface area contributed by atoms with Crippen LogP contribution in [0.4, 0.5) is 50.4 Å². The van der Waals surface area contributed by atoms with E-state index in [9.17, 15) is 52.3 Å². The van der Waals surface area contributed by atoms with Crippen LogP contribution < -0.4 is 4.90 Å². The Hall–Kier alpha value is -3.91. The molecule has 0 saturated heterocycles. The summed E-state index contributed by atoms with van der Waals surface area (Å²) in [7, 11) is 0. The summed E-state index contributed by atoms with van der Waals surface area (Å²) in [6.45, 7) is 0.681. The Morgan fingerprint density at radius 1 is 0.733 bits per heavy atom. The van der Waals surface area contributed by atoms with E-state index in [0.717, 1.165) is 0 Å². The Morgan fingerprint density at radius 2 is 1.13 bits per heavy atom. The van der Waals surface area contributed by atoms with Gasteiger partial charge in [-0.15, -0.1) is 0 Å². The van der Waals surface area contributed by atoms with Crippen LogP contribution in [0.1, 0.15) is 13.3 Å². The van der Waals surface area contributed by atoms with Crippen molar-refractivity contribution in [2.45, 2.75) is 13.3 Å². The number of rotatable bonds is 7. The van der Waals surface area contributed by atoms with E-state index in [1.807, 2.05) is 0 Å². The standard InChI is InChI=1S/C15H9F5N4O6/c1-2-3-21(15-12(19)10(17)9(16)11(18)13(15)20)14-7(23(27)28)4-6(22(25)26)5-8(14)24(29)30/h4-5H,2-3H2,1H3. The van der Waals surface area contributed by atoms with E-state index in [1.165, 1.54) is 6.92 Å². The average molecular weight is 436 g/mol. The molecule has 0 fully saturated rings. The van der Waals surface area contributed by atoms with Gasteiger partial charge in [0.2, 0.25) is 5.82 Å². The molecule has 0 aromatic heterocycles. The maximum atomic E-state index is 14.3. The Bertz CT molecular complexity index is 1020. The first-order valence-electron chi connectivity index (χ1n) is 7.84. The zero-order valence-electron chi connectivity index (χ0n) is 14.7. The minimum atomic E-state index is -2.50. The lowest BCUT2D eigenvalue weighted by Crippen LogP contribution is -2.24. The topological polar surface area (TPSA) is 133 Å². The van der Waals surface area contributed by atoms with Crippen LogP contribution in [0, 0.1) is 59.4 Å². The molecule has 0 saturated carbocycles. The number of hydrogen-bond acceptors (Lipinski definition) is 7. The Labute approximate surface area is 162 Å². The van der Waals surface area contributed by atoms with Crippen LogP contribution in [0.15, 0.2) is 12.1 Å². The minimum Gasteiger partial charge on any atom is -0.325 e. The van der Waals surface area contributed by atoms with Crippen LogP contribution in [0.2, 0.25) is 0 Å². The third kappa shape index (κ3) is 3.68. The Kier molecular flexibility index (Phi) is 6.13. The number of nitro benzene ring substituents is 3. The molecule has 0 radical (unpaired) electrons. The fraction of sp³-hybridized carbons (Fsp3) is 0.200. The maximum absolute atomic E-state index is 14.3. The number of anilines is 2. The highest BCUT2D eigenvalue weighted by Crippen LogP contribution is 2.46. The molecule has 0 bridgehead atoms. The lowest BCUT2D eigenvalue weighted by atomic mass is 10.1. The molecule has 2 aromatic rings. The number of halogens is 5. The van der Waals surface area contributed by atoms with Gasteiger partial charge in [0.1, 0.15) is 5.69 Å². The van der Waals surface area contributed by atoms with E-state index >= 15 is 0 Å². The predicted octanol–water partition coefficient (Wildman–Crippen LogP) is 4.65. The Balaban J connectivity index is 3.03. The highest BCUT2D eigenvalue weighted by Gasteiger charge is 2.38. The summed E-state index contributed by atoms with van der Waals surface area (Å²) < 4.78 is 69.3. The van der Waals surface area contributed by atoms with Gasteiger partial charge in [-0.3, -0.25) is 30.3 Å². The SMILES string of the molecule is CCCN(c1c([N+](=O)[O-])cc([N+](=O)[O-])cc1[N+](=O)[O-])c1c(F)c(F)c(F)c(F)c1F. The van der Waals surface area contributed by atoms with Crippen molar-refractivity contribution in [3.8, 4) is 0 Å². The second-order valence-corrected chi connectivity index (χ2v) is 5.67. The molecule has 0 heterocycles. The zero-order chi connectivity index (χ0) is 22.9. The normalized spacial score (nSPS) is 10.7. The van der Waals surface area contributed by atoms with Crippen molar-refractivity contribution in [2.24, 2.45) is 0 Å². The van der Waals surface area contributed by atoms with Crippen LogP contribution in [-0.4, -0.2) is 21.3 Å². The average Bonchev–Trinajstić information content (AvgIpc) is 2.69. The molecule has 0 aliphatic rings. The molecule has 0 atom stereocenters. The van der Waals surface area contributed by atoms with Crippen molar-refractivity contribution in [2.75, 3.05) is 11.4 Å². The summed E-state index contributed by atoms with van der Waals surface area (Å²) in [6.07, 6.45) is -0.120. The molecule has 15 heteroatoms. The molecular formula is C15H9F5N4O6. The maximum Gasteiger partial charge on any atom is 0.306 e. The Morgan fingerprint density at radius 3 is 1.47 bits per heavy atom. The second kappa shape index (κ2) is 8.22. The van der Waals surface area contributed by atoms with Gasteiger partial charge in [0, 0.05) is 6.54 Å². The van der Waals surface area contributed by atoms with Gasteiger partial charge >= 0.3 is 11.4 Å². The minimum absolute atomic E-state index is 0.120. The molecule has 2 aromatic carbocycles. The quantitative estimate of drug-likeness (QED) is 0.203. The van der Waals surface area contributed by atoms with E-state index in [2.05, 4.69) is 0 Å². The molecule has 0 N–H and O–H groups in total. The van der Waals surface area contributed by atoms with Gasteiger partial charge in [-0.1, -0.05) is 6.92 Å². The van der Waals surface area contributed by atoms with Crippen LogP contribution in [0.5, 0.6) is 0 Å². The first-order valence-corrected chi connectivity index (χ1v) is 7.84. The number of nitrogens with zero attached hydrogens (tertiary/aromatic N) is 4. The van der Waals surface area contributed by atoms with Gasteiger partial charge in [-0.05, 0) is 6.42 Å². The van der Waals surface area contributed by atoms with E-state index in [0.29, 0.717) is 0 Å². The van der Waals surface area contributed by atoms with E-state index in [1.54, 1.807) is 0 Å². The van der Waals surface area contributed by atoms with Gasteiger partial charge in [-0.2, -0.15) is 0 Å². The molecule has 30 heavy (non-hydrogen) atoms. The van der Waals surface area contributed by atoms with Gasteiger partial charge in [0.05, 0.1) is 26.9 Å². The second-order valence-electron chi connectivity index (χ2n) is 5.67. The lowest BCUT2D eigenvalue weighted by Gasteiger charge is -2.25. The summed E-state index contributed by atoms with van der Waals surface area (Å²) in [6, 6.07) is 0.550. The third-order valence-corrected chi connectivity index (χ3v) is 3.83. The molecule has 2 rings (SSSR count). The molecule has 0 amide bonds. The van der Waals surface area contributed by atoms with Crippen molar-refractivity contribution in [3.05, 3.63) is 71.6 Å². The van der Waals surface area contributed by atoms with Gasteiger partial charge in [0.15, 0.2) is 29.0 Å². The van der Waals surface area contributed by atoms with Crippen molar-refractivity contribution < 1.29 is 36.7 Å². The monoisotopic (exact) mass is 436 g/mol. The lowest BCUT2D eigenvalue weighted by molar-refractivity contribution is -0.402. The largest absolute Gasteiger partial charge is 0.325 e. The van der Waals surface area contributed by atoms with Crippen LogP contribution in [-0.2, 0) is 0 Å². The van der Waals surface area contributed by atoms with Gasteiger partial charge in [-0.25, -0.2) is 22.0 Å². The van der Waals surface area contributed by atoms with Crippen molar-refractivity contribution >= 4 is 28.4 Å². The third-order valence-electron chi connectivity index (χ3n) is 3.83. The fourth-order valence-electron chi connectivity index (χ4n) is 2.64. The van der Waals surface area contributed by atoms with E-state index in [4.69, 9.17) is 0 Å². The van der Waals surface area contributed by atoms with Crippen LogP contribution in [0.3, 0.4) is 0 Å². The summed E-state index contributed by atoms with van der Waals surface area (Å²) >= 11 is 0. The van der Waals surface area contributed by atoms with Gasteiger partial charge in [0.25, 0.3) is 5.69 Å². The van der Waals surface area contributed by atoms with Gasteiger partial charge < -0.3 is 4.90 Å². The molecule has 0 spiro atoms. The number of benzene rings is 2. The predicted molar refractivity (Wildman–Crippen MR) is 89.9 cm³/mol. The number of hydrogen-bond donors (Lipinski definition) is 0. The van der Waals surface area contributed by atoms with Crippen LogP contribution in [0.25, 0.3) is 0 Å². The molecule has 0 unspecified atom stereocenters. The molecule has 0 aliphatic heterocycles. The van der Waals surface area contributed by atoms with Crippen molar-refractivity contribution in [1.82, 2.24) is 0 Å². The highest BCUT2D eigenvalue weighted by atomic mass is 19.2. The number of nitro groups is 3. The van der Waals surface area contributed by atoms with E-state index in [-0.39, 0.29) is 23.5 Å². The number of non-ortho nitro benzene ring substituents is 1. The summed E-state index contributed by atoms with van der Waals surface area (Å²) in [5.74, 6) is -12.0. The first-order chi connectivity index (χ1) is 13.9. The summed E-state index contributed by atoms with van der Waals surface area (Å²) in [5, 5.41) is 33.8. The molecule has 0 aliphatic carbocycles. The van der Waals surface area contributed by atoms with E-state index < -0.39 is 78.8 Å². The zero-order valence-corrected chi connectivity index (χ0v) is 14.7. The highest BCUT2D eigenvalue weighted by molar-refractivity contribution is 5.83. The summed E-state index contributed by atoms with van der Waals surface area (Å²) in [4.78, 5) is 30.1.